The molecule has 6 nitrogen and oxygen atoms in total. The molecule has 0 atom stereocenters. The Bertz CT molecular complexity index is 1190. The van der Waals surface area contributed by atoms with E-state index < -0.39 is 6.61 Å². The molecule has 0 unspecified atom stereocenters. The van der Waals surface area contributed by atoms with E-state index in [0.29, 0.717) is 34.9 Å². The van der Waals surface area contributed by atoms with Crippen molar-refractivity contribution in [1.29, 1.82) is 0 Å². The summed E-state index contributed by atoms with van der Waals surface area (Å²) in [5, 5.41) is 2.81. The van der Waals surface area contributed by atoms with Gasteiger partial charge in [0.15, 0.2) is 23.9 Å². The third kappa shape index (κ3) is 7.67. The van der Waals surface area contributed by atoms with Crippen LogP contribution in [0.2, 0.25) is 0 Å². The normalized spacial score (nSPS) is 10.9. The van der Waals surface area contributed by atoms with Crippen LogP contribution >= 0.6 is 0 Å². The number of carbonyl (C=O) groups is 2. The zero-order valence-corrected chi connectivity index (χ0v) is 19.3. The van der Waals surface area contributed by atoms with Gasteiger partial charge in [-0.2, -0.15) is 8.78 Å². The number of ether oxygens (including phenoxy) is 3. The first kappa shape index (κ1) is 25.4. The van der Waals surface area contributed by atoms with Crippen molar-refractivity contribution in [2.24, 2.45) is 0 Å². The predicted octanol–water partition coefficient (Wildman–Crippen LogP) is 5.91. The zero-order valence-electron chi connectivity index (χ0n) is 19.3. The molecular formula is C27H25F2NO5. The lowest BCUT2D eigenvalue weighted by molar-refractivity contribution is -0.118. The molecule has 0 aliphatic carbocycles. The molecule has 1 amide bonds. The van der Waals surface area contributed by atoms with E-state index in [9.17, 15) is 18.4 Å². The van der Waals surface area contributed by atoms with E-state index in [4.69, 9.17) is 9.47 Å². The van der Waals surface area contributed by atoms with Crippen LogP contribution in [0.4, 0.5) is 14.5 Å². The van der Waals surface area contributed by atoms with E-state index >= 15 is 0 Å². The number of anilines is 1. The molecule has 3 aromatic carbocycles. The lowest BCUT2D eigenvalue weighted by Crippen LogP contribution is -2.20. The summed E-state index contributed by atoms with van der Waals surface area (Å²) in [6, 6.07) is 18.0. The molecule has 3 aromatic rings. The van der Waals surface area contributed by atoms with Crippen molar-refractivity contribution in [2.45, 2.75) is 20.5 Å². The summed E-state index contributed by atoms with van der Waals surface area (Å²) in [7, 11) is 0. The number of aryl methyl sites for hydroxylation is 1. The van der Waals surface area contributed by atoms with Crippen molar-refractivity contribution in [1.82, 2.24) is 0 Å². The van der Waals surface area contributed by atoms with Crippen LogP contribution in [-0.2, 0) is 4.79 Å². The Labute approximate surface area is 202 Å². The van der Waals surface area contributed by atoms with Gasteiger partial charge in [0.05, 0.1) is 6.61 Å². The fourth-order valence-corrected chi connectivity index (χ4v) is 3.13. The summed E-state index contributed by atoms with van der Waals surface area (Å²) in [6.07, 6.45) is 2.97. The molecule has 0 bridgehead atoms. The highest BCUT2D eigenvalue weighted by Gasteiger charge is 2.11. The molecule has 0 aromatic heterocycles. The van der Waals surface area contributed by atoms with Crippen molar-refractivity contribution in [3.05, 3.63) is 89.5 Å². The molecule has 1 N–H and O–H groups in total. The molecular weight excluding hydrogens is 456 g/mol. The van der Waals surface area contributed by atoms with Crippen molar-refractivity contribution < 1.29 is 32.6 Å². The molecule has 0 aliphatic heterocycles. The SMILES string of the molecule is CCOc1cc(/C=C/C(=O)c2ccc(OC(F)F)cc2)ccc1OCC(=O)Nc1ccccc1C. The molecule has 0 fully saturated rings. The van der Waals surface area contributed by atoms with Gasteiger partial charge in [-0.05, 0) is 73.5 Å². The monoisotopic (exact) mass is 481 g/mol. The number of nitrogens with one attached hydrogen (secondary N) is 1. The van der Waals surface area contributed by atoms with Crippen molar-refractivity contribution >= 4 is 23.5 Å². The largest absolute Gasteiger partial charge is 0.490 e. The number of allylic oxidation sites excluding steroid dienone is 1. The Morgan fingerprint density at radius 2 is 1.71 bits per heavy atom. The van der Waals surface area contributed by atoms with Gasteiger partial charge in [0.1, 0.15) is 5.75 Å². The molecule has 8 heteroatoms. The smallest absolute Gasteiger partial charge is 0.387 e. The summed E-state index contributed by atoms with van der Waals surface area (Å²) >= 11 is 0. The van der Waals surface area contributed by atoms with Crippen molar-refractivity contribution in [3.63, 3.8) is 0 Å². The van der Waals surface area contributed by atoms with E-state index in [0.717, 1.165) is 5.56 Å². The van der Waals surface area contributed by atoms with Gasteiger partial charge in [-0.1, -0.05) is 30.3 Å². The van der Waals surface area contributed by atoms with Gasteiger partial charge in [0.2, 0.25) is 0 Å². The van der Waals surface area contributed by atoms with E-state index in [-0.39, 0.29) is 24.0 Å². The van der Waals surface area contributed by atoms with Crippen LogP contribution < -0.4 is 19.5 Å². The lowest BCUT2D eigenvalue weighted by Gasteiger charge is -2.13. The molecule has 35 heavy (non-hydrogen) atoms. The number of para-hydroxylation sites is 1. The van der Waals surface area contributed by atoms with Crippen molar-refractivity contribution in [3.8, 4) is 17.2 Å². The number of hydrogen-bond acceptors (Lipinski definition) is 5. The summed E-state index contributed by atoms with van der Waals surface area (Å²) in [5.41, 5.74) is 2.66. The van der Waals surface area contributed by atoms with Crippen LogP contribution in [0.15, 0.2) is 72.8 Å². The summed E-state index contributed by atoms with van der Waals surface area (Å²) in [5.74, 6) is 0.190. The Balaban J connectivity index is 1.63. The Morgan fingerprint density at radius 3 is 2.40 bits per heavy atom. The standard InChI is InChI=1S/C27H25F2NO5/c1-3-33-25-16-19(8-14-23(31)20-10-12-21(13-11-20)35-27(28)29)9-15-24(25)34-17-26(32)30-22-7-5-4-6-18(22)2/h4-16,27H,3,17H2,1-2H3,(H,30,32)/b14-8+. The number of rotatable bonds is 11. The number of amides is 1. The molecule has 182 valence electrons. The molecule has 0 aliphatic rings. The van der Waals surface area contributed by atoms with Crippen LogP contribution in [0.3, 0.4) is 0 Å². The maximum absolute atomic E-state index is 12.4. The highest BCUT2D eigenvalue weighted by molar-refractivity contribution is 6.06. The minimum Gasteiger partial charge on any atom is -0.490 e. The number of carbonyl (C=O) groups excluding carboxylic acids is 2. The number of hydrogen-bond donors (Lipinski definition) is 1. The summed E-state index contributed by atoms with van der Waals surface area (Å²) < 4.78 is 40.1. The van der Waals surface area contributed by atoms with Gasteiger partial charge in [-0.25, -0.2) is 0 Å². The molecule has 0 saturated carbocycles. The predicted molar refractivity (Wildman–Crippen MR) is 129 cm³/mol. The molecule has 0 spiro atoms. The summed E-state index contributed by atoms with van der Waals surface area (Å²) in [6.45, 7) is 0.975. The topological polar surface area (TPSA) is 73.9 Å². The fourth-order valence-electron chi connectivity index (χ4n) is 3.13. The number of ketones is 1. The molecule has 0 radical (unpaired) electrons. The second kappa shape index (κ2) is 12.3. The van der Waals surface area contributed by atoms with E-state index in [1.54, 1.807) is 24.3 Å². The first-order valence-corrected chi connectivity index (χ1v) is 10.9. The highest BCUT2D eigenvalue weighted by Crippen LogP contribution is 2.29. The number of halogens is 2. The van der Waals surface area contributed by atoms with Gasteiger partial charge >= 0.3 is 6.61 Å². The van der Waals surface area contributed by atoms with E-state index in [1.807, 2.05) is 38.1 Å². The van der Waals surface area contributed by atoms with Crippen LogP contribution in [0.1, 0.15) is 28.4 Å². The Kier molecular flexibility index (Phi) is 8.95. The van der Waals surface area contributed by atoms with E-state index in [2.05, 4.69) is 10.1 Å². The van der Waals surface area contributed by atoms with Gasteiger partial charge in [-0.3, -0.25) is 9.59 Å². The summed E-state index contributed by atoms with van der Waals surface area (Å²) in [4.78, 5) is 24.7. The lowest BCUT2D eigenvalue weighted by atomic mass is 10.1. The maximum Gasteiger partial charge on any atom is 0.387 e. The second-order valence-electron chi connectivity index (χ2n) is 7.39. The van der Waals surface area contributed by atoms with Gasteiger partial charge in [0.25, 0.3) is 5.91 Å². The molecule has 0 saturated heterocycles. The van der Waals surface area contributed by atoms with Crippen molar-refractivity contribution in [2.75, 3.05) is 18.5 Å². The third-order valence-corrected chi connectivity index (χ3v) is 4.84. The van der Waals surface area contributed by atoms with Crippen LogP contribution in [0.25, 0.3) is 6.08 Å². The average Bonchev–Trinajstić information content (AvgIpc) is 2.83. The third-order valence-electron chi connectivity index (χ3n) is 4.84. The van der Waals surface area contributed by atoms with E-state index in [1.165, 1.54) is 30.3 Å². The minimum absolute atomic E-state index is 0.0231. The second-order valence-corrected chi connectivity index (χ2v) is 7.39. The fraction of sp³-hybridized carbons (Fsp3) is 0.185. The average molecular weight is 481 g/mol. The van der Waals surface area contributed by atoms with Crippen LogP contribution in [0, 0.1) is 6.92 Å². The number of alkyl halides is 2. The van der Waals surface area contributed by atoms with Gasteiger partial charge < -0.3 is 19.5 Å². The number of benzene rings is 3. The molecule has 3 rings (SSSR count). The maximum atomic E-state index is 12.4. The first-order chi connectivity index (χ1) is 16.9. The van der Waals surface area contributed by atoms with Gasteiger partial charge in [0, 0.05) is 11.3 Å². The minimum atomic E-state index is -2.93. The van der Waals surface area contributed by atoms with Crippen LogP contribution in [-0.4, -0.2) is 31.5 Å². The Hall–Kier alpha value is -4.20. The molecule has 0 heterocycles. The van der Waals surface area contributed by atoms with Gasteiger partial charge in [-0.15, -0.1) is 0 Å². The zero-order chi connectivity index (χ0) is 25.2. The highest BCUT2D eigenvalue weighted by atomic mass is 19.3. The van der Waals surface area contributed by atoms with Crippen LogP contribution in [0.5, 0.6) is 17.2 Å². The first-order valence-electron chi connectivity index (χ1n) is 10.9. The Morgan fingerprint density at radius 1 is 0.971 bits per heavy atom. The quantitative estimate of drug-likeness (QED) is 0.272.